The molecule has 4 unspecified atom stereocenters. The van der Waals surface area contributed by atoms with E-state index in [-0.39, 0.29) is 17.8 Å². The Morgan fingerprint density at radius 3 is 2.60 bits per heavy atom. The lowest BCUT2D eigenvalue weighted by Crippen LogP contribution is -2.48. The van der Waals surface area contributed by atoms with Gasteiger partial charge in [-0.3, -0.25) is 9.69 Å². The van der Waals surface area contributed by atoms with Crippen molar-refractivity contribution in [2.24, 2.45) is 5.41 Å². The molecule has 48 heavy (non-hydrogen) atoms. The predicted molar refractivity (Wildman–Crippen MR) is 188 cm³/mol. The molecule has 4 aromatic carbocycles. The monoisotopic (exact) mass is 643 g/mol. The third-order valence-electron chi connectivity index (χ3n) is 11.5. The maximum Gasteiger partial charge on any atom is 0.410 e. The van der Waals surface area contributed by atoms with Gasteiger partial charge in [-0.2, -0.15) is 0 Å². The first-order chi connectivity index (χ1) is 23.2. The number of carbonyl (C=O) groups excluding carboxylic acids is 2. The summed E-state index contributed by atoms with van der Waals surface area (Å²) in [6.45, 7) is 5.42. The molecule has 1 saturated heterocycles. The number of amides is 1. The first-order valence-electron chi connectivity index (χ1n) is 17.3. The molecule has 248 valence electrons. The van der Waals surface area contributed by atoms with Gasteiger partial charge in [0.2, 0.25) is 0 Å². The molecule has 1 N–H and O–H groups in total. The molecule has 3 aliphatic carbocycles. The van der Waals surface area contributed by atoms with E-state index in [1.54, 1.807) is 7.11 Å². The molecule has 2 fully saturated rings. The Kier molecular flexibility index (Phi) is 8.63. The summed E-state index contributed by atoms with van der Waals surface area (Å²) < 4.78 is 11.9. The Morgan fingerprint density at radius 1 is 1.00 bits per heavy atom. The molecule has 6 heteroatoms. The van der Waals surface area contributed by atoms with Crippen LogP contribution in [0.3, 0.4) is 0 Å². The molecule has 4 atom stereocenters. The highest BCUT2D eigenvalue weighted by Crippen LogP contribution is 2.62. The lowest BCUT2D eigenvalue weighted by Gasteiger charge is -2.43. The van der Waals surface area contributed by atoms with Crippen LogP contribution in [0.4, 0.5) is 4.79 Å². The number of hydrogen-bond acceptors (Lipinski definition) is 5. The summed E-state index contributed by atoms with van der Waals surface area (Å²) in [5.74, 6) is 0.648. The lowest BCUT2D eigenvalue weighted by molar-refractivity contribution is -0.0373. The number of ketones is 1. The minimum Gasteiger partial charge on any atom is -0.497 e. The summed E-state index contributed by atoms with van der Waals surface area (Å²) >= 11 is 0. The predicted octanol–water partition coefficient (Wildman–Crippen LogP) is 8.78. The number of benzene rings is 4. The van der Waals surface area contributed by atoms with Gasteiger partial charge in [-0.25, -0.2) is 4.79 Å². The van der Waals surface area contributed by atoms with E-state index in [0.29, 0.717) is 42.8 Å². The second kappa shape index (κ2) is 12.9. The average molecular weight is 644 g/mol. The minimum absolute atomic E-state index is 0.00405. The Bertz CT molecular complexity index is 1870. The van der Waals surface area contributed by atoms with Crippen LogP contribution in [0.5, 0.6) is 5.75 Å². The van der Waals surface area contributed by atoms with Crippen LogP contribution < -0.4 is 4.74 Å². The van der Waals surface area contributed by atoms with Crippen molar-refractivity contribution in [1.29, 1.82) is 0 Å². The highest BCUT2D eigenvalue weighted by molar-refractivity contribution is 6.10. The molecule has 2 bridgehead atoms. The van der Waals surface area contributed by atoms with Crippen molar-refractivity contribution in [3.63, 3.8) is 0 Å². The summed E-state index contributed by atoms with van der Waals surface area (Å²) in [5.41, 5.74) is 4.47. The van der Waals surface area contributed by atoms with Crippen LogP contribution in [0.1, 0.15) is 90.9 Å². The van der Waals surface area contributed by atoms with E-state index in [4.69, 9.17) is 9.47 Å². The van der Waals surface area contributed by atoms with Gasteiger partial charge in [0.05, 0.1) is 19.8 Å². The topological polar surface area (TPSA) is 76.1 Å². The van der Waals surface area contributed by atoms with Gasteiger partial charge in [-0.15, -0.1) is 0 Å². The fourth-order valence-electron chi connectivity index (χ4n) is 8.64. The van der Waals surface area contributed by atoms with E-state index in [1.807, 2.05) is 47.4 Å². The number of aliphatic hydroxyl groups excluding tert-OH is 1. The van der Waals surface area contributed by atoms with Gasteiger partial charge in [0.1, 0.15) is 11.4 Å². The van der Waals surface area contributed by atoms with Crippen LogP contribution in [-0.4, -0.2) is 47.2 Å². The fourth-order valence-corrected chi connectivity index (χ4v) is 8.64. The van der Waals surface area contributed by atoms with Crippen LogP contribution >= 0.6 is 0 Å². The van der Waals surface area contributed by atoms with Crippen molar-refractivity contribution in [3.05, 3.63) is 124 Å². The van der Waals surface area contributed by atoms with Crippen LogP contribution in [0, 0.1) is 5.41 Å². The van der Waals surface area contributed by atoms with E-state index in [0.717, 1.165) is 59.6 Å². The largest absolute Gasteiger partial charge is 0.497 e. The number of nitrogens with zero attached hydrogens (tertiary/aromatic N) is 1. The molecule has 1 spiro atoms. The third kappa shape index (κ3) is 5.81. The van der Waals surface area contributed by atoms with Gasteiger partial charge in [0.15, 0.2) is 5.78 Å². The number of carbonyl (C=O) groups is 2. The summed E-state index contributed by atoms with van der Waals surface area (Å²) in [4.78, 5) is 30.0. The number of fused-ring (bicyclic) bond motifs is 9. The van der Waals surface area contributed by atoms with Crippen LogP contribution in [0.25, 0.3) is 10.8 Å². The van der Waals surface area contributed by atoms with Crippen LogP contribution in [0.2, 0.25) is 0 Å². The molecular weight excluding hydrogens is 598 g/mol. The molecule has 1 saturated carbocycles. The van der Waals surface area contributed by atoms with Crippen molar-refractivity contribution < 1.29 is 24.2 Å². The Balaban J connectivity index is 1.29. The van der Waals surface area contributed by atoms with Crippen molar-refractivity contribution in [3.8, 4) is 5.75 Å². The highest BCUT2D eigenvalue weighted by atomic mass is 16.6. The Hall–Kier alpha value is -4.42. The molecule has 4 aliphatic rings. The number of allylic oxidation sites excluding steroid dienone is 2. The molecule has 6 nitrogen and oxygen atoms in total. The summed E-state index contributed by atoms with van der Waals surface area (Å²) in [5, 5.41) is 13.2. The Labute approximate surface area is 283 Å². The maximum absolute atomic E-state index is 14.3. The first kappa shape index (κ1) is 32.1. The molecular formula is C42H45NO5. The quantitative estimate of drug-likeness (QED) is 0.174. The highest BCUT2D eigenvalue weighted by Gasteiger charge is 2.64. The zero-order chi connectivity index (χ0) is 33.5. The summed E-state index contributed by atoms with van der Waals surface area (Å²) in [6, 6.07) is 28.0. The number of ether oxygens (including phenoxy) is 2. The number of hydrogen-bond donors (Lipinski definition) is 1. The standard InChI is InChI=1S/C42H45NO5/c1-28-8-7-22-41(2)38(21-23-42(41)27-43(40(46)48-42)26-32-11-6-10-30-9-4-5-12-35(30)32)36-20-14-29(24-33(44)17-13-28)25-37(36)39(45)31-15-18-34(47-3)19-16-31/h4-6,8-12,14-16,18-20,25,33,38,44H,7,13,17,21-24,26-27H2,1-3H3. The number of methoxy groups -OCH3 is 1. The van der Waals surface area contributed by atoms with Crippen molar-refractivity contribution in [1.82, 2.24) is 4.90 Å². The van der Waals surface area contributed by atoms with Gasteiger partial charge in [-0.1, -0.05) is 73.2 Å². The number of aliphatic hydroxyl groups is 1. The smallest absolute Gasteiger partial charge is 0.410 e. The second-order valence-corrected chi connectivity index (χ2v) is 14.3. The second-order valence-electron chi connectivity index (χ2n) is 14.3. The molecule has 0 aromatic heterocycles. The zero-order valence-corrected chi connectivity index (χ0v) is 28.2. The zero-order valence-electron chi connectivity index (χ0n) is 28.2. The van der Waals surface area contributed by atoms with Gasteiger partial charge in [0.25, 0.3) is 0 Å². The van der Waals surface area contributed by atoms with E-state index < -0.39 is 17.1 Å². The molecule has 1 aliphatic heterocycles. The Morgan fingerprint density at radius 2 is 1.79 bits per heavy atom. The normalized spacial score (nSPS) is 25.9. The summed E-state index contributed by atoms with van der Waals surface area (Å²) in [7, 11) is 1.62. The molecule has 1 amide bonds. The van der Waals surface area contributed by atoms with Gasteiger partial charge in [-0.05, 0) is 116 Å². The molecule has 4 aromatic rings. The first-order valence-corrected chi connectivity index (χ1v) is 17.3. The van der Waals surface area contributed by atoms with E-state index in [9.17, 15) is 14.7 Å². The van der Waals surface area contributed by atoms with Gasteiger partial charge in [0, 0.05) is 23.1 Å². The van der Waals surface area contributed by atoms with Crippen molar-refractivity contribution in [2.75, 3.05) is 13.7 Å². The minimum atomic E-state index is -0.687. The van der Waals surface area contributed by atoms with Gasteiger partial charge >= 0.3 is 6.09 Å². The van der Waals surface area contributed by atoms with Gasteiger partial charge < -0.3 is 14.6 Å². The van der Waals surface area contributed by atoms with Crippen LogP contribution in [0.15, 0.2) is 96.6 Å². The number of rotatable bonds is 5. The van der Waals surface area contributed by atoms with E-state index in [1.165, 1.54) is 5.57 Å². The molecule has 1 heterocycles. The summed E-state index contributed by atoms with van der Waals surface area (Å²) in [6.07, 6.45) is 6.68. The maximum atomic E-state index is 14.3. The average Bonchev–Trinajstić information content (AvgIpc) is 3.56. The van der Waals surface area contributed by atoms with Crippen molar-refractivity contribution in [2.45, 2.75) is 83.0 Å². The van der Waals surface area contributed by atoms with Crippen molar-refractivity contribution >= 4 is 22.6 Å². The lowest BCUT2D eigenvalue weighted by atomic mass is 9.64. The SMILES string of the molecule is COc1ccc(C(=O)c2cc3ccc2C2CCC4(CN(Cc5cccc6ccccc56)C(=O)O4)C2(C)CCC=C(C)CCC(O)C3)cc1. The third-order valence-corrected chi connectivity index (χ3v) is 11.5. The van der Waals surface area contributed by atoms with Crippen LogP contribution in [-0.2, 0) is 17.7 Å². The van der Waals surface area contributed by atoms with E-state index >= 15 is 0 Å². The van der Waals surface area contributed by atoms with E-state index in [2.05, 4.69) is 62.4 Å². The fraction of sp³-hybridized carbons (Fsp3) is 0.381. The molecule has 8 rings (SSSR count). The molecule has 0 radical (unpaired) electrons.